The third-order valence-electron chi connectivity index (χ3n) is 3.64. The van der Waals surface area contributed by atoms with Crippen LogP contribution in [0.1, 0.15) is 41.8 Å². The largest absolute Gasteiger partial charge is 0.494 e. The van der Waals surface area contributed by atoms with E-state index in [1.807, 2.05) is 12.3 Å². The van der Waals surface area contributed by atoms with Crippen LogP contribution in [0.25, 0.3) is 5.52 Å². The molecule has 0 saturated carbocycles. The Morgan fingerprint density at radius 3 is 3.10 bits per heavy atom. The van der Waals surface area contributed by atoms with Crippen molar-refractivity contribution < 1.29 is 19.0 Å². The average molecular weight is 290 g/mol. The van der Waals surface area contributed by atoms with Crippen molar-refractivity contribution in [1.82, 2.24) is 9.61 Å². The second-order valence-electron chi connectivity index (χ2n) is 4.88. The molecular formula is C15H18N2O4. The predicted octanol–water partition coefficient (Wildman–Crippen LogP) is 2.37. The molecule has 0 aromatic carbocycles. The van der Waals surface area contributed by atoms with Gasteiger partial charge in [0.25, 0.3) is 0 Å². The summed E-state index contributed by atoms with van der Waals surface area (Å²) in [5, 5.41) is 4.19. The van der Waals surface area contributed by atoms with Gasteiger partial charge < -0.3 is 14.2 Å². The summed E-state index contributed by atoms with van der Waals surface area (Å²) in [6, 6.07) is 1.93. The lowest BCUT2D eigenvalue weighted by Gasteiger charge is -2.15. The molecule has 0 aliphatic carbocycles. The highest BCUT2D eigenvalue weighted by Gasteiger charge is 2.26. The number of carbonyl (C=O) groups excluding carboxylic acids is 1. The van der Waals surface area contributed by atoms with Crippen LogP contribution in [-0.4, -0.2) is 35.9 Å². The molecule has 2 aromatic heterocycles. The van der Waals surface area contributed by atoms with Gasteiger partial charge in [-0.15, -0.1) is 0 Å². The maximum atomic E-state index is 12.1. The van der Waals surface area contributed by atoms with Crippen molar-refractivity contribution in [3.05, 3.63) is 29.6 Å². The topological polar surface area (TPSA) is 62.1 Å². The first-order valence-corrected chi connectivity index (χ1v) is 7.09. The van der Waals surface area contributed by atoms with Gasteiger partial charge >= 0.3 is 5.97 Å². The molecule has 0 radical (unpaired) electrons. The van der Waals surface area contributed by atoms with Crippen LogP contribution in [0.3, 0.4) is 0 Å². The molecule has 3 heterocycles. The van der Waals surface area contributed by atoms with Crippen LogP contribution >= 0.6 is 0 Å². The van der Waals surface area contributed by atoms with E-state index in [1.165, 1.54) is 6.20 Å². The van der Waals surface area contributed by atoms with Crippen LogP contribution in [0.2, 0.25) is 0 Å². The molecule has 1 unspecified atom stereocenters. The fourth-order valence-electron chi connectivity index (χ4n) is 2.71. The van der Waals surface area contributed by atoms with Crippen LogP contribution in [0.4, 0.5) is 0 Å². The normalized spacial score (nSPS) is 18.1. The Bertz CT molecular complexity index is 659. The Hall–Kier alpha value is -2.08. The Morgan fingerprint density at radius 1 is 1.57 bits per heavy atom. The summed E-state index contributed by atoms with van der Waals surface area (Å²) in [5.74, 6) is 0.236. The van der Waals surface area contributed by atoms with Crippen molar-refractivity contribution >= 4 is 11.5 Å². The monoisotopic (exact) mass is 290 g/mol. The van der Waals surface area contributed by atoms with E-state index in [4.69, 9.17) is 14.2 Å². The lowest BCUT2D eigenvalue weighted by Crippen LogP contribution is -2.07. The van der Waals surface area contributed by atoms with E-state index in [-0.39, 0.29) is 6.10 Å². The minimum absolute atomic E-state index is 0.00916. The number of ether oxygens (including phenoxy) is 3. The highest BCUT2D eigenvalue weighted by Crippen LogP contribution is 2.38. The van der Waals surface area contributed by atoms with E-state index < -0.39 is 5.97 Å². The number of hydrogen-bond donors (Lipinski definition) is 0. The van der Waals surface area contributed by atoms with Gasteiger partial charge in [-0.05, 0) is 25.8 Å². The third kappa shape index (κ3) is 2.35. The Morgan fingerprint density at radius 2 is 2.43 bits per heavy atom. The van der Waals surface area contributed by atoms with Gasteiger partial charge in [-0.3, -0.25) is 0 Å². The maximum Gasteiger partial charge on any atom is 0.342 e. The molecule has 0 amide bonds. The van der Waals surface area contributed by atoms with E-state index in [2.05, 4.69) is 5.10 Å². The number of methoxy groups -OCH3 is 1. The molecule has 1 aliphatic rings. The number of esters is 1. The van der Waals surface area contributed by atoms with Crippen molar-refractivity contribution in [2.75, 3.05) is 20.3 Å². The zero-order valence-corrected chi connectivity index (χ0v) is 12.2. The average Bonchev–Trinajstić information content (AvgIpc) is 3.15. The summed E-state index contributed by atoms with van der Waals surface area (Å²) in [7, 11) is 1.59. The number of rotatable bonds is 4. The minimum Gasteiger partial charge on any atom is -0.494 e. The number of pyridine rings is 1. The fourth-order valence-corrected chi connectivity index (χ4v) is 2.71. The van der Waals surface area contributed by atoms with Gasteiger partial charge in [0, 0.05) is 18.4 Å². The molecule has 1 aliphatic heterocycles. The van der Waals surface area contributed by atoms with Crippen LogP contribution < -0.4 is 4.74 Å². The quantitative estimate of drug-likeness (QED) is 0.809. The van der Waals surface area contributed by atoms with Crippen LogP contribution in [0.15, 0.2) is 18.5 Å². The summed E-state index contributed by atoms with van der Waals surface area (Å²) in [5.41, 5.74) is 1.99. The van der Waals surface area contributed by atoms with Gasteiger partial charge in [0.2, 0.25) is 0 Å². The molecular weight excluding hydrogens is 272 g/mol. The second kappa shape index (κ2) is 5.73. The van der Waals surface area contributed by atoms with E-state index in [1.54, 1.807) is 18.5 Å². The van der Waals surface area contributed by atoms with Crippen LogP contribution in [0, 0.1) is 0 Å². The standard InChI is InChI=1S/C15H18N2O4/c1-3-20-15(18)11-9-16-17-7-6-10(12-5-4-8-21-12)14(19-2)13(11)17/h6-7,9,12H,3-5,8H2,1-2H3. The molecule has 3 rings (SSSR count). The number of hydrogen-bond acceptors (Lipinski definition) is 5. The molecule has 1 fully saturated rings. The van der Waals surface area contributed by atoms with Crippen molar-refractivity contribution in [3.63, 3.8) is 0 Å². The van der Waals surface area contributed by atoms with Crippen molar-refractivity contribution in [2.24, 2.45) is 0 Å². The van der Waals surface area contributed by atoms with Gasteiger partial charge in [-0.25, -0.2) is 9.31 Å². The SMILES string of the molecule is CCOC(=O)c1cnn2ccc(C3CCCO3)c(OC)c12. The van der Waals surface area contributed by atoms with E-state index in [0.29, 0.717) is 23.4 Å². The molecule has 1 saturated heterocycles. The second-order valence-corrected chi connectivity index (χ2v) is 4.88. The van der Waals surface area contributed by atoms with Crippen LogP contribution in [-0.2, 0) is 9.47 Å². The zero-order chi connectivity index (χ0) is 14.8. The maximum absolute atomic E-state index is 12.1. The summed E-state index contributed by atoms with van der Waals surface area (Å²) in [6.07, 6.45) is 5.32. The summed E-state index contributed by atoms with van der Waals surface area (Å²) < 4.78 is 18.0. The highest BCUT2D eigenvalue weighted by molar-refractivity contribution is 5.98. The number of nitrogens with zero attached hydrogens (tertiary/aromatic N) is 2. The van der Waals surface area contributed by atoms with Crippen molar-refractivity contribution in [2.45, 2.75) is 25.9 Å². The van der Waals surface area contributed by atoms with Gasteiger partial charge in [0.1, 0.15) is 11.1 Å². The highest BCUT2D eigenvalue weighted by atomic mass is 16.5. The van der Waals surface area contributed by atoms with E-state index >= 15 is 0 Å². The Balaban J connectivity index is 2.14. The molecule has 6 heteroatoms. The molecule has 1 atom stereocenters. The van der Waals surface area contributed by atoms with Gasteiger partial charge in [0.15, 0.2) is 5.75 Å². The summed E-state index contributed by atoms with van der Waals surface area (Å²) in [6.45, 7) is 2.85. The first kappa shape index (κ1) is 13.9. The summed E-state index contributed by atoms with van der Waals surface area (Å²) >= 11 is 0. The van der Waals surface area contributed by atoms with Crippen molar-refractivity contribution in [1.29, 1.82) is 0 Å². The molecule has 112 valence electrons. The lowest BCUT2D eigenvalue weighted by atomic mass is 10.1. The first-order chi connectivity index (χ1) is 10.3. The van der Waals surface area contributed by atoms with Crippen LogP contribution in [0.5, 0.6) is 5.75 Å². The smallest absolute Gasteiger partial charge is 0.342 e. The molecule has 0 bridgehead atoms. The molecule has 0 spiro atoms. The number of aromatic nitrogens is 2. The summed E-state index contributed by atoms with van der Waals surface area (Å²) in [4.78, 5) is 12.1. The van der Waals surface area contributed by atoms with Gasteiger partial charge in [-0.1, -0.05) is 0 Å². The fraction of sp³-hybridized carbons (Fsp3) is 0.467. The number of carbonyl (C=O) groups is 1. The third-order valence-corrected chi connectivity index (χ3v) is 3.64. The predicted molar refractivity (Wildman–Crippen MR) is 75.6 cm³/mol. The Labute approximate surface area is 122 Å². The first-order valence-electron chi connectivity index (χ1n) is 7.09. The Kier molecular flexibility index (Phi) is 3.79. The van der Waals surface area contributed by atoms with Gasteiger partial charge in [-0.2, -0.15) is 5.10 Å². The lowest BCUT2D eigenvalue weighted by molar-refractivity contribution is 0.0528. The molecule has 0 N–H and O–H groups in total. The van der Waals surface area contributed by atoms with Crippen molar-refractivity contribution in [3.8, 4) is 5.75 Å². The molecule has 21 heavy (non-hydrogen) atoms. The molecule has 6 nitrogen and oxygen atoms in total. The minimum atomic E-state index is -0.393. The van der Waals surface area contributed by atoms with E-state index in [0.717, 1.165) is 25.0 Å². The zero-order valence-electron chi connectivity index (χ0n) is 12.2. The van der Waals surface area contributed by atoms with E-state index in [9.17, 15) is 4.79 Å². The molecule has 2 aromatic rings. The van der Waals surface area contributed by atoms with Gasteiger partial charge in [0.05, 0.1) is 26.0 Å². The number of fused-ring (bicyclic) bond motifs is 1.